The summed E-state index contributed by atoms with van der Waals surface area (Å²) >= 11 is 7.16. The van der Waals surface area contributed by atoms with Crippen LogP contribution in [-0.2, 0) is 11.8 Å². The van der Waals surface area contributed by atoms with Crippen molar-refractivity contribution < 1.29 is 0 Å². The summed E-state index contributed by atoms with van der Waals surface area (Å²) in [5.74, 6) is 0. The Balaban J connectivity index is 1.68. The maximum Gasteiger partial charge on any atom is -0.00800 e. The van der Waals surface area contributed by atoms with Crippen molar-refractivity contribution in [2.45, 2.75) is 151 Å². The van der Waals surface area contributed by atoms with Crippen LogP contribution in [0.1, 0.15) is 128 Å². The highest BCUT2D eigenvalue weighted by Crippen LogP contribution is 2.88. The minimum atomic E-state index is -1.22. The predicted molar refractivity (Wildman–Crippen MR) is 129 cm³/mol. The Morgan fingerprint density at radius 2 is 0.741 bits per heavy atom. The van der Waals surface area contributed by atoms with Gasteiger partial charge in [0.05, 0.1) is 0 Å². The zero-order chi connectivity index (χ0) is 18.5. The van der Waals surface area contributed by atoms with Crippen LogP contribution in [-0.4, -0.2) is 22.6 Å². The second kappa shape index (κ2) is 10.4. The molecule has 4 aliphatic carbocycles. The largest absolute Gasteiger partial charge is 0.0921 e. The fraction of sp³-hybridized carbons (Fsp3) is 1.00. The molecule has 0 heterocycles. The average molecular weight is 427 g/mol. The topological polar surface area (TPSA) is 0 Å². The molecular weight excluding hydrogens is 382 g/mol. The summed E-state index contributed by atoms with van der Waals surface area (Å²) in [4.78, 5) is 0. The van der Waals surface area contributed by atoms with Crippen LogP contribution in [0.3, 0.4) is 0 Å². The molecule has 4 rings (SSSR count). The van der Waals surface area contributed by atoms with Crippen LogP contribution in [0, 0.1) is 0 Å². The normalized spacial score (nSPS) is 28.6. The van der Waals surface area contributed by atoms with Crippen molar-refractivity contribution in [1.82, 2.24) is 0 Å². The molecule has 4 fully saturated rings. The lowest BCUT2D eigenvalue weighted by Crippen LogP contribution is -2.29. The molecule has 0 aliphatic heterocycles. The zero-order valence-electron chi connectivity index (χ0n) is 17.8. The lowest BCUT2D eigenvalue weighted by atomic mass is 9.99. The zero-order valence-corrected chi connectivity index (χ0v) is 20.4. The van der Waals surface area contributed by atoms with Gasteiger partial charge in [-0.15, -0.1) is 0 Å². The van der Waals surface area contributed by atoms with Crippen LogP contribution < -0.4 is 0 Å². The van der Waals surface area contributed by atoms with Crippen molar-refractivity contribution in [3.8, 4) is 0 Å². The van der Waals surface area contributed by atoms with E-state index in [0.717, 1.165) is 22.6 Å². The number of rotatable bonds is 5. The molecule has 4 saturated carbocycles. The van der Waals surface area contributed by atoms with Crippen LogP contribution in [0.4, 0.5) is 0 Å². The monoisotopic (exact) mass is 426 g/mol. The fourth-order valence-corrected chi connectivity index (χ4v) is 25.8. The van der Waals surface area contributed by atoms with Gasteiger partial charge in [0.15, 0.2) is 0 Å². The molecular formula is C24H44P2S. The Hall–Kier alpha value is 1.08. The van der Waals surface area contributed by atoms with E-state index in [-0.39, 0.29) is 7.61 Å². The van der Waals surface area contributed by atoms with E-state index in [2.05, 4.69) is 0 Å². The smallest absolute Gasteiger partial charge is 0.00800 e. The Morgan fingerprint density at radius 1 is 0.444 bits per heavy atom. The van der Waals surface area contributed by atoms with Crippen LogP contribution in [0.25, 0.3) is 0 Å². The molecule has 0 amide bonds. The number of hydrogen-bond donors (Lipinski definition) is 0. The molecule has 0 aromatic heterocycles. The summed E-state index contributed by atoms with van der Waals surface area (Å²) in [6.07, 6.45) is 30.6. The van der Waals surface area contributed by atoms with Crippen LogP contribution in [0.2, 0.25) is 0 Å². The Morgan fingerprint density at radius 3 is 1.07 bits per heavy atom. The third-order valence-electron chi connectivity index (χ3n) is 8.45. The second-order valence-electron chi connectivity index (χ2n) is 10.2. The molecule has 0 saturated heterocycles. The summed E-state index contributed by atoms with van der Waals surface area (Å²) in [6.45, 7) is 0. The van der Waals surface area contributed by atoms with Gasteiger partial charge in [0.1, 0.15) is 0 Å². The molecule has 156 valence electrons. The van der Waals surface area contributed by atoms with Crippen molar-refractivity contribution >= 4 is 25.1 Å². The van der Waals surface area contributed by atoms with E-state index >= 15 is 0 Å². The van der Waals surface area contributed by atoms with E-state index in [4.69, 9.17) is 11.8 Å². The van der Waals surface area contributed by atoms with Gasteiger partial charge in [-0.25, -0.2) is 0 Å². The first kappa shape index (κ1) is 21.3. The molecule has 3 heteroatoms. The van der Waals surface area contributed by atoms with E-state index in [1.165, 1.54) is 103 Å². The van der Waals surface area contributed by atoms with Gasteiger partial charge in [-0.1, -0.05) is 96.5 Å². The van der Waals surface area contributed by atoms with Gasteiger partial charge in [0, 0.05) is 0 Å². The highest BCUT2D eigenvalue weighted by Gasteiger charge is 2.48. The van der Waals surface area contributed by atoms with Gasteiger partial charge in [0.2, 0.25) is 0 Å². The quantitative estimate of drug-likeness (QED) is 0.395. The van der Waals surface area contributed by atoms with Crippen LogP contribution >= 0.6 is 13.3 Å². The molecule has 0 unspecified atom stereocenters. The first-order chi connectivity index (χ1) is 13.3. The lowest BCUT2D eigenvalue weighted by Gasteiger charge is -2.52. The Labute approximate surface area is 176 Å². The molecule has 0 N–H and O–H groups in total. The first-order valence-electron chi connectivity index (χ1n) is 12.7. The maximum atomic E-state index is 7.16. The fourth-order valence-electron chi connectivity index (χ4n) is 7.08. The summed E-state index contributed by atoms with van der Waals surface area (Å²) < 4.78 is 0. The lowest BCUT2D eigenvalue weighted by molar-refractivity contribution is 0.479. The van der Waals surface area contributed by atoms with Gasteiger partial charge in [-0.2, -0.15) is 0 Å². The minimum Gasteiger partial charge on any atom is -0.0921 e. The van der Waals surface area contributed by atoms with E-state index < -0.39 is 5.73 Å². The van der Waals surface area contributed by atoms with Crippen molar-refractivity contribution in [2.24, 2.45) is 0 Å². The van der Waals surface area contributed by atoms with Crippen molar-refractivity contribution in [2.75, 3.05) is 0 Å². The van der Waals surface area contributed by atoms with Crippen molar-refractivity contribution in [3.63, 3.8) is 0 Å². The Kier molecular flexibility index (Phi) is 8.21. The molecule has 0 nitrogen and oxygen atoms in total. The number of hydrogen-bond acceptors (Lipinski definition) is 1. The average Bonchev–Trinajstić information content (AvgIpc) is 2.76. The highest BCUT2D eigenvalue weighted by atomic mass is 32.6. The molecule has 0 spiro atoms. The molecule has 4 aliphatic rings. The predicted octanol–water partition coefficient (Wildman–Crippen LogP) is 9.19. The summed E-state index contributed by atoms with van der Waals surface area (Å²) in [7, 11) is 0.138. The molecule has 0 radical (unpaired) electrons. The van der Waals surface area contributed by atoms with E-state index in [1.54, 1.807) is 25.7 Å². The van der Waals surface area contributed by atoms with Crippen LogP contribution in [0.5, 0.6) is 0 Å². The highest BCUT2D eigenvalue weighted by molar-refractivity contribution is 8.53. The third kappa shape index (κ3) is 4.88. The molecule has 27 heavy (non-hydrogen) atoms. The van der Waals surface area contributed by atoms with E-state index in [1.807, 2.05) is 0 Å². The SMILES string of the molecule is S=P(C1CCCCC1)(C1CCCCC1)P(C1CCCCC1)C1CCCCC1. The summed E-state index contributed by atoms with van der Waals surface area (Å²) in [6, 6.07) is 0. The first-order valence-corrected chi connectivity index (χ1v) is 17.8. The molecule has 0 aromatic carbocycles. The maximum absolute atomic E-state index is 7.16. The van der Waals surface area contributed by atoms with E-state index in [0.29, 0.717) is 0 Å². The van der Waals surface area contributed by atoms with Crippen molar-refractivity contribution in [1.29, 1.82) is 0 Å². The molecule has 0 atom stereocenters. The summed E-state index contributed by atoms with van der Waals surface area (Å²) in [5.41, 5.74) is 2.99. The van der Waals surface area contributed by atoms with Gasteiger partial charge in [-0.05, 0) is 79.7 Å². The van der Waals surface area contributed by atoms with Gasteiger partial charge < -0.3 is 0 Å². The third-order valence-corrected chi connectivity index (χ3v) is 24.4. The standard InChI is InChI=1S/C24H44P2S/c27-26(23-17-9-3-10-18-23,24-19-11-4-12-20-24)25(21-13-5-1-6-14-21)22-15-7-2-8-16-22/h21-24H,1-20H2. The van der Waals surface area contributed by atoms with Gasteiger partial charge >= 0.3 is 0 Å². The van der Waals surface area contributed by atoms with Crippen LogP contribution in [0.15, 0.2) is 0 Å². The summed E-state index contributed by atoms with van der Waals surface area (Å²) in [5, 5.41) is 0. The Bertz CT molecular complexity index is 441. The van der Waals surface area contributed by atoms with E-state index in [9.17, 15) is 0 Å². The van der Waals surface area contributed by atoms with Crippen molar-refractivity contribution in [3.05, 3.63) is 0 Å². The second-order valence-corrected chi connectivity index (χ2v) is 21.2. The minimum absolute atomic E-state index is 0.138. The van der Waals surface area contributed by atoms with Gasteiger partial charge in [-0.3, -0.25) is 0 Å². The molecule has 0 aromatic rings. The van der Waals surface area contributed by atoms with Gasteiger partial charge in [0.25, 0.3) is 0 Å². The molecule has 0 bridgehead atoms.